The van der Waals surface area contributed by atoms with Gasteiger partial charge in [-0.2, -0.15) is 0 Å². The predicted molar refractivity (Wildman–Crippen MR) is 79.6 cm³/mol. The summed E-state index contributed by atoms with van der Waals surface area (Å²) in [7, 11) is 0. The van der Waals surface area contributed by atoms with Crippen molar-refractivity contribution in [1.82, 2.24) is 29.8 Å². The molecule has 0 radical (unpaired) electrons. The van der Waals surface area contributed by atoms with Crippen LogP contribution in [-0.2, 0) is 6.54 Å². The molecule has 1 amide bonds. The van der Waals surface area contributed by atoms with Crippen LogP contribution in [0.15, 0.2) is 42.9 Å². The molecule has 112 valence electrons. The van der Waals surface area contributed by atoms with E-state index in [2.05, 4.69) is 25.7 Å². The Morgan fingerprint density at radius 1 is 1.27 bits per heavy atom. The second kappa shape index (κ2) is 6.17. The van der Waals surface area contributed by atoms with Crippen molar-refractivity contribution in [2.75, 3.05) is 5.32 Å². The maximum atomic E-state index is 12.1. The number of nitrogens with zero attached hydrogens (tertiary/aromatic N) is 6. The third-order valence-corrected chi connectivity index (χ3v) is 2.96. The number of carbonyl (C=O) groups excluding carboxylic acids is 1. The summed E-state index contributed by atoms with van der Waals surface area (Å²) < 4.78 is 3.22. The molecule has 1 N–H and O–H groups in total. The van der Waals surface area contributed by atoms with E-state index in [1.54, 1.807) is 17.2 Å². The smallest absolute Gasteiger partial charge is 0.280 e. The lowest BCUT2D eigenvalue weighted by Gasteiger charge is -1.98. The van der Waals surface area contributed by atoms with Crippen LogP contribution in [0, 0.1) is 0 Å². The molecular weight excluding hydrogens is 282 g/mol. The summed E-state index contributed by atoms with van der Waals surface area (Å²) in [5, 5.41) is 14.6. The number of aromatic nitrogens is 6. The van der Waals surface area contributed by atoms with Crippen molar-refractivity contribution < 1.29 is 4.79 Å². The second-order valence-electron chi connectivity index (χ2n) is 4.67. The largest absolute Gasteiger partial charge is 0.288 e. The highest BCUT2D eigenvalue weighted by Gasteiger charge is 2.13. The first-order chi connectivity index (χ1) is 10.8. The lowest BCUT2D eigenvalue weighted by atomic mass is 10.3. The fraction of sp³-hybridized carbons (Fsp3) is 0.214. The minimum Gasteiger partial charge on any atom is -0.288 e. The van der Waals surface area contributed by atoms with Gasteiger partial charge in [0.2, 0.25) is 5.95 Å². The van der Waals surface area contributed by atoms with Crippen LogP contribution >= 0.6 is 0 Å². The Labute approximate surface area is 126 Å². The van der Waals surface area contributed by atoms with E-state index in [1.807, 2.05) is 37.3 Å². The molecular formula is C14H15N7O. The summed E-state index contributed by atoms with van der Waals surface area (Å²) >= 11 is 0. The molecule has 1 aromatic carbocycles. The van der Waals surface area contributed by atoms with Gasteiger partial charge in [-0.3, -0.25) is 14.8 Å². The number of rotatable bonds is 5. The fourth-order valence-corrected chi connectivity index (χ4v) is 1.93. The maximum absolute atomic E-state index is 12.1. The van der Waals surface area contributed by atoms with Crippen molar-refractivity contribution in [3.8, 4) is 5.69 Å². The molecule has 0 unspecified atom stereocenters. The summed E-state index contributed by atoms with van der Waals surface area (Å²) in [6, 6.07) is 9.45. The van der Waals surface area contributed by atoms with Crippen molar-refractivity contribution in [2.45, 2.75) is 19.9 Å². The Morgan fingerprint density at radius 2 is 2.09 bits per heavy atom. The van der Waals surface area contributed by atoms with Gasteiger partial charge in [0.1, 0.15) is 6.33 Å². The molecule has 0 bridgehead atoms. The normalized spacial score (nSPS) is 10.6. The van der Waals surface area contributed by atoms with Gasteiger partial charge < -0.3 is 0 Å². The minimum atomic E-state index is -0.392. The Balaban J connectivity index is 1.71. The summed E-state index contributed by atoms with van der Waals surface area (Å²) in [5.41, 5.74) is 1.04. The highest BCUT2D eigenvalue weighted by Crippen LogP contribution is 2.07. The third-order valence-electron chi connectivity index (χ3n) is 2.96. The van der Waals surface area contributed by atoms with Gasteiger partial charge >= 0.3 is 0 Å². The zero-order chi connectivity index (χ0) is 15.4. The van der Waals surface area contributed by atoms with Crippen LogP contribution in [0.4, 0.5) is 5.95 Å². The number of anilines is 1. The summed E-state index contributed by atoms with van der Waals surface area (Å²) in [5.74, 6) is -0.135. The van der Waals surface area contributed by atoms with Crippen LogP contribution in [0.1, 0.15) is 23.8 Å². The van der Waals surface area contributed by atoms with Crippen molar-refractivity contribution in [1.29, 1.82) is 0 Å². The third kappa shape index (κ3) is 3.00. The quantitative estimate of drug-likeness (QED) is 0.771. The van der Waals surface area contributed by atoms with Crippen LogP contribution in [-0.4, -0.2) is 35.7 Å². The zero-order valence-corrected chi connectivity index (χ0v) is 12.0. The van der Waals surface area contributed by atoms with E-state index in [1.165, 1.54) is 4.68 Å². The average Bonchev–Trinajstić information content (AvgIpc) is 3.18. The maximum Gasteiger partial charge on any atom is 0.280 e. The van der Waals surface area contributed by atoms with Gasteiger partial charge in [0.05, 0.1) is 11.9 Å². The predicted octanol–water partition coefficient (Wildman–Crippen LogP) is 1.52. The molecule has 22 heavy (non-hydrogen) atoms. The van der Waals surface area contributed by atoms with Crippen molar-refractivity contribution in [3.05, 3.63) is 48.5 Å². The average molecular weight is 297 g/mol. The molecule has 0 saturated heterocycles. The molecule has 0 saturated carbocycles. The SMILES string of the molecule is CCCn1cnc(NC(=O)c2cn(-c3ccccc3)nn2)n1. The number of hydrogen-bond acceptors (Lipinski definition) is 5. The molecule has 0 aliphatic rings. The van der Waals surface area contributed by atoms with Crippen molar-refractivity contribution in [2.24, 2.45) is 0 Å². The van der Waals surface area contributed by atoms with Crippen LogP contribution in [0.5, 0.6) is 0 Å². The van der Waals surface area contributed by atoms with E-state index in [0.29, 0.717) is 0 Å². The topological polar surface area (TPSA) is 90.5 Å². The lowest BCUT2D eigenvalue weighted by molar-refractivity contribution is 0.102. The van der Waals surface area contributed by atoms with Gasteiger partial charge in [-0.15, -0.1) is 10.2 Å². The lowest BCUT2D eigenvalue weighted by Crippen LogP contribution is -2.14. The Bertz CT molecular complexity index is 762. The second-order valence-corrected chi connectivity index (χ2v) is 4.67. The number of aryl methyl sites for hydroxylation is 1. The van der Waals surface area contributed by atoms with Crippen LogP contribution in [0.3, 0.4) is 0 Å². The molecule has 3 rings (SSSR count). The molecule has 0 aliphatic carbocycles. The highest BCUT2D eigenvalue weighted by molar-refractivity contribution is 6.01. The first-order valence-electron chi connectivity index (χ1n) is 6.95. The molecule has 0 spiro atoms. The molecule has 2 aromatic heterocycles. The number of nitrogens with one attached hydrogen (secondary N) is 1. The van der Waals surface area contributed by atoms with Gasteiger partial charge in [-0.25, -0.2) is 9.67 Å². The summed E-state index contributed by atoms with van der Waals surface area (Å²) in [4.78, 5) is 16.1. The fourth-order valence-electron chi connectivity index (χ4n) is 1.93. The van der Waals surface area contributed by atoms with Gasteiger partial charge in [-0.1, -0.05) is 30.3 Å². The number of amides is 1. The van der Waals surface area contributed by atoms with E-state index in [-0.39, 0.29) is 11.6 Å². The van der Waals surface area contributed by atoms with E-state index in [9.17, 15) is 4.79 Å². The molecule has 0 atom stereocenters. The van der Waals surface area contributed by atoms with E-state index in [4.69, 9.17) is 0 Å². The number of hydrogen-bond donors (Lipinski definition) is 1. The van der Waals surface area contributed by atoms with Crippen LogP contribution < -0.4 is 5.32 Å². The molecule has 2 heterocycles. The molecule has 8 heteroatoms. The van der Waals surface area contributed by atoms with E-state index < -0.39 is 5.91 Å². The zero-order valence-electron chi connectivity index (χ0n) is 12.0. The first-order valence-corrected chi connectivity index (χ1v) is 6.95. The monoisotopic (exact) mass is 297 g/mol. The van der Waals surface area contributed by atoms with Crippen molar-refractivity contribution in [3.63, 3.8) is 0 Å². The standard InChI is InChI=1S/C14H15N7O/c1-2-8-20-10-15-14(18-20)16-13(22)12-9-21(19-17-12)11-6-4-3-5-7-11/h3-7,9-10H,2,8H2,1H3,(H,16,18,22). The Kier molecular flexibility index (Phi) is 3.90. The van der Waals surface area contributed by atoms with Crippen LogP contribution in [0.2, 0.25) is 0 Å². The molecule has 0 aliphatic heterocycles. The Hall–Kier alpha value is -3.03. The van der Waals surface area contributed by atoms with E-state index in [0.717, 1.165) is 18.7 Å². The Morgan fingerprint density at radius 3 is 2.86 bits per heavy atom. The number of carbonyl (C=O) groups is 1. The first kappa shape index (κ1) is 13.9. The molecule has 3 aromatic rings. The van der Waals surface area contributed by atoms with Gasteiger partial charge in [0.15, 0.2) is 5.69 Å². The highest BCUT2D eigenvalue weighted by atomic mass is 16.2. The van der Waals surface area contributed by atoms with Gasteiger partial charge in [-0.05, 0) is 18.6 Å². The van der Waals surface area contributed by atoms with Crippen molar-refractivity contribution >= 4 is 11.9 Å². The summed E-state index contributed by atoms with van der Waals surface area (Å²) in [6.07, 6.45) is 4.09. The number of benzene rings is 1. The summed E-state index contributed by atoms with van der Waals surface area (Å²) in [6.45, 7) is 2.80. The van der Waals surface area contributed by atoms with E-state index >= 15 is 0 Å². The van der Waals surface area contributed by atoms with Crippen LogP contribution in [0.25, 0.3) is 5.69 Å². The molecule has 0 fully saturated rings. The van der Waals surface area contributed by atoms with Gasteiger partial charge in [0.25, 0.3) is 5.91 Å². The van der Waals surface area contributed by atoms with Gasteiger partial charge in [0, 0.05) is 6.54 Å². The number of para-hydroxylation sites is 1. The molecule has 8 nitrogen and oxygen atoms in total. The minimum absolute atomic E-state index is 0.204.